The molecule has 3 aromatic rings. The Morgan fingerprint density at radius 2 is 1.89 bits per heavy atom. The van der Waals surface area contributed by atoms with E-state index in [0.29, 0.717) is 22.0 Å². The SMILES string of the molecule is COc1cc(/C=C2/SC(=S)N(NC(=O)c3ccc(C)cc3Cl)C2=O)ccc1OCc1ccc([N+](=O)[O-])cc1. The third kappa shape index (κ3) is 6.13. The number of nitro groups is 1. The number of hydrazine groups is 1. The lowest BCUT2D eigenvalue weighted by molar-refractivity contribution is -0.384. The number of thioether (sulfide) groups is 1. The fourth-order valence-electron chi connectivity index (χ4n) is 3.45. The van der Waals surface area contributed by atoms with Crippen LogP contribution in [-0.2, 0) is 11.4 Å². The summed E-state index contributed by atoms with van der Waals surface area (Å²) in [6, 6.07) is 16.2. The number of carbonyl (C=O) groups excluding carboxylic acids is 2. The molecule has 38 heavy (non-hydrogen) atoms. The van der Waals surface area contributed by atoms with Crippen molar-refractivity contribution in [1.29, 1.82) is 0 Å². The predicted molar refractivity (Wildman–Crippen MR) is 149 cm³/mol. The molecule has 0 bridgehead atoms. The van der Waals surface area contributed by atoms with Crippen LogP contribution < -0.4 is 14.9 Å². The molecule has 1 saturated heterocycles. The number of nitrogens with zero attached hydrogens (tertiary/aromatic N) is 2. The Bertz CT molecular complexity index is 1480. The van der Waals surface area contributed by atoms with E-state index in [-0.39, 0.29) is 27.2 Å². The van der Waals surface area contributed by atoms with Gasteiger partial charge in [0, 0.05) is 12.1 Å². The molecule has 0 aromatic heterocycles. The van der Waals surface area contributed by atoms with E-state index in [9.17, 15) is 19.7 Å². The van der Waals surface area contributed by atoms with E-state index in [0.717, 1.165) is 27.9 Å². The first kappa shape index (κ1) is 27.1. The maximum Gasteiger partial charge on any atom is 0.285 e. The van der Waals surface area contributed by atoms with E-state index in [1.807, 2.05) is 6.92 Å². The molecule has 9 nitrogen and oxygen atoms in total. The zero-order chi connectivity index (χ0) is 27.4. The van der Waals surface area contributed by atoms with Crippen LogP contribution in [0, 0.1) is 17.0 Å². The number of carbonyl (C=O) groups is 2. The molecule has 2 amide bonds. The van der Waals surface area contributed by atoms with Crippen LogP contribution in [0.4, 0.5) is 5.69 Å². The molecule has 1 fully saturated rings. The van der Waals surface area contributed by atoms with Gasteiger partial charge < -0.3 is 9.47 Å². The molecular weight excluding hydrogens is 550 g/mol. The normalized spacial score (nSPS) is 14.1. The third-order valence-electron chi connectivity index (χ3n) is 5.40. The van der Waals surface area contributed by atoms with Gasteiger partial charge in [-0.3, -0.25) is 25.1 Å². The van der Waals surface area contributed by atoms with Gasteiger partial charge in [0.05, 0.1) is 27.5 Å². The summed E-state index contributed by atoms with van der Waals surface area (Å²) in [5.41, 5.74) is 5.05. The van der Waals surface area contributed by atoms with Crippen LogP contribution >= 0.6 is 35.6 Å². The van der Waals surface area contributed by atoms with Crippen molar-refractivity contribution >= 4 is 63.5 Å². The number of non-ortho nitro benzene ring substituents is 1. The van der Waals surface area contributed by atoms with Crippen molar-refractivity contribution in [3.05, 3.63) is 103 Å². The Labute approximate surface area is 232 Å². The van der Waals surface area contributed by atoms with Crippen LogP contribution in [0.15, 0.2) is 65.6 Å². The summed E-state index contributed by atoms with van der Waals surface area (Å²) in [6.45, 7) is 2.03. The molecule has 4 rings (SSSR count). The second-order valence-corrected chi connectivity index (χ2v) is 10.1. The number of nitro benzene ring substituents is 1. The Hall–Kier alpha value is -3.93. The molecule has 194 valence electrons. The average Bonchev–Trinajstić information content (AvgIpc) is 3.15. The topological polar surface area (TPSA) is 111 Å². The molecule has 1 aliphatic rings. The molecular formula is C26H20ClN3O6S2. The summed E-state index contributed by atoms with van der Waals surface area (Å²) in [5, 5.41) is 12.1. The van der Waals surface area contributed by atoms with E-state index in [4.69, 9.17) is 33.3 Å². The number of benzene rings is 3. The highest BCUT2D eigenvalue weighted by Crippen LogP contribution is 2.34. The van der Waals surface area contributed by atoms with E-state index < -0.39 is 16.7 Å². The number of hydrogen-bond donors (Lipinski definition) is 1. The van der Waals surface area contributed by atoms with Gasteiger partial charge in [-0.2, -0.15) is 5.01 Å². The van der Waals surface area contributed by atoms with Gasteiger partial charge in [-0.05, 0) is 78.3 Å². The number of methoxy groups -OCH3 is 1. The average molecular weight is 570 g/mol. The van der Waals surface area contributed by atoms with E-state index in [1.165, 1.54) is 19.2 Å². The molecule has 0 unspecified atom stereocenters. The van der Waals surface area contributed by atoms with Gasteiger partial charge in [0.15, 0.2) is 15.8 Å². The lowest BCUT2D eigenvalue weighted by Gasteiger charge is -2.16. The molecule has 0 aliphatic carbocycles. The quantitative estimate of drug-likeness (QED) is 0.159. The van der Waals surface area contributed by atoms with Crippen molar-refractivity contribution < 1.29 is 24.0 Å². The third-order valence-corrected chi connectivity index (χ3v) is 7.02. The molecule has 3 aromatic carbocycles. The Morgan fingerprint density at radius 1 is 1.16 bits per heavy atom. The largest absolute Gasteiger partial charge is 0.493 e. The zero-order valence-corrected chi connectivity index (χ0v) is 22.5. The number of thiocarbonyl (C=S) groups is 1. The lowest BCUT2D eigenvalue weighted by atomic mass is 10.1. The number of amides is 2. The number of aryl methyl sites for hydroxylation is 1. The van der Waals surface area contributed by atoms with Gasteiger partial charge in [-0.15, -0.1) is 0 Å². The predicted octanol–water partition coefficient (Wildman–Crippen LogP) is 5.69. The van der Waals surface area contributed by atoms with Crippen LogP contribution in [0.1, 0.15) is 27.0 Å². The molecule has 1 heterocycles. The summed E-state index contributed by atoms with van der Waals surface area (Å²) >= 11 is 12.5. The summed E-state index contributed by atoms with van der Waals surface area (Å²) in [6.07, 6.45) is 1.63. The smallest absolute Gasteiger partial charge is 0.285 e. The standard InChI is InChI=1S/C26H20ClN3O6S2/c1-15-3-9-19(20(27)11-15)24(31)28-29-25(32)23(38-26(29)37)13-17-6-10-21(22(12-17)35-2)36-14-16-4-7-18(8-5-16)30(33)34/h3-13H,14H2,1-2H3,(H,28,31)/b23-13+. The fraction of sp³-hybridized carbons (Fsp3) is 0.115. The van der Waals surface area contributed by atoms with Gasteiger partial charge in [0.2, 0.25) is 0 Å². The van der Waals surface area contributed by atoms with Gasteiger partial charge in [0.25, 0.3) is 17.5 Å². The van der Waals surface area contributed by atoms with Crippen molar-refractivity contribution in [3.63, 3.8) is 0 Å². The van der Waals surface area contributed by atoms with Crippen molar-refractivity contribution in [2.75, 3.05) is 7.11 Å². The van der Waals surface area contributed by atoms with Gasteiger partial charge in [-0.1, -0.05) is 35.5 Å². The lowest BCUT2D eigenvalue weighted by Crippen LogP contribution is -2.44. The second kappa shape index (κ2) is 11.6. The minimum atomic E-state index is -0.552. The minimum absolute atomic E-state index is 0.000360. The number of halogens is 1. The molecule has 1 aliphatic heterocycles. The molecule has 0 spiro atoms. The maximum atomic E-state index is 13.0. The summed E-state index contributed by atoms with van der Waals surface area (Å²) in [4.78, 5) is 36.3. The van der Waals surface area contributed by atoms with Crippen LogP contribution in [0.5, 0.6) is 11.5 Å². The zero-order valence-electron chi connectivity index (χ0n) is 20.1. The number of nitrogens with one attached hydrogen (secondary N) is 1. The van der Waals surface area contributed by atoms with Crippen LogP contribution in [-0.4, -0.2) is 33.2 Å². The second-order valence-electron chi connectivity index (χ2n) is 8.06. The fourth-order valence-corrected chi connectivity index (χ4v) is 4.95. The first-order valence-corrected chi connectivity index (χ1v) is 12.7. The molecule has 12 heteroatoms. The number of rotatable bonds is 8. The number of ether oxygens (including phenoxy) is 2. The van der Waals surface area contributed by atoms with Crippen LogP contribution in [0.3, 0.4) is 0 Å². The van der Waals surface area contributed by atoms with Crippen molar-refractivity contribution in [2.24, 2.45) is 0 Å². The number of hydrogen-bond acceptors (Lipinski definition) is 8. The maximum absolute atomic E-state index is 13.0. The van der Waals surface area contributed by atoms with Crippen LogP contribution in [0.25, 0.3) is 6.08 Å². The Kier molecular flexibility index (Phi) is 8.30. The first-order valence-electron chi connectivity index (χ1n) is 11.1. The molecule has 1 N–H and O–H groups in total. The van der Waals surface area contributed by atoms with E-state index >= 15 is 0 Å². The van der Waals surface area contributed by atoms with Gasteiger partial charge in [-0.25, -0.2) is 0 Å². The highest BCUT2D eigenvalue weighted by atomic mass is 35.5. The molecule has 0 saturated carbocycles. The van der Waals surface area contributed by atoms with E-state index in [1.54, 1.807) is 54.6 Å². The minimum Gasteiger partial charge on any atom is -0.493 e. The molecule has 0 radical (unpaired) electrons. The van der Waals surface area contributed by atoms with Crippen LogP contribution in [0.2, 0.25) is 5.02 Å². The van der Waals surface area contributed by atoms with E-state index in [2.05, 4.69) is 5.43 Å². The van der Waals surface area contributed by atoms with Crippen molar-refractivity contribution in [1.82, 2.24) is 10.4 Å². The first-order chi connectivity index (χ1) is 18.2. The highest BCUT2D eigenvalue weighted by molar-refractivity contribution is 8.26. The Balaban J connectivity index is 1.45. The van der Waals surface area contributed by atoms with Crippen molar-refractivity contribution in [3.8, 4) is 11.5 Å². The van der Waals surface area contributed by atoms with Crippen molar-refractivity contribution in [2.45, 2.75) is 13.5 Å². The summed E-state index contributed by atoms with van der Waals surface area (Å²) < 4.78 is 11.4. The van der Waals surface area contributed by atoms with Gasteiger partial charge >= 0.3 is 0 Å². The Morgan fingerprint density at radius 3 is 2.55 bits per heavy atom. The summed E-state index contributed by atoms with van der Waals surface area (Å²) in [5.74, 6) is -0.144. The highest BCUT2D eigenvalue weighted by Gasteiger charge is 2.34. The monoisotopic (exact) mass is 569 g/mol. The van der Waals surface area contributed by atoms with Gasteiger partial charge in [0.1, 0.15) is 6.61 Å². The molecule has 0 atom stereocenters. The summed E-state index contributed by atoms with van der Waals surface area (Å²) in [7, 11) is 1.49.